The van der Waals surface area contributed by atoms with Gasteiger partial charge in [-0.05, 0) is 18.9 Å². The second-order valence-electron chi connectivity index (χ2n) is 3.86. The van der Waals surface area contributed by atoms with Gasteiger partial charge in [0.2, 0.25) is 0 Å². The number of hydrogen-bond donors (Lipinski definition) is 2. The molecule has 6 nitrogen and oxygen atoms in total. The van der Waals surface area contributed by atoms with Crippen LogP contribution in [-0.2, 0) is 19.1 Å². The summed E-state index contributed by atoms with van der Waals surface area (Å²) >= 11 is 0. The van der Waals surface area contributed by atoms with E-state index in [2.05, 4.69) is 0 Å². The Bertz CT molecular complexity index is 338. The molecular weight excluding hydrogens is 240 g/mol. The summed E-state index contributed by atoms with van der Waals surface area (Å²) in [6.07, 6.45) is 0.640. The number of rotatable bonds is 8. The van der Waals surface area contributed by atoms with Gasteiger partial charge in [0.1, 0.15) is 0 Å². The molecule has 0 aliphatic rings. The third-order valence-electron chi connectivity index (χ3n) is 2.30. The molecule has 0 aliphatic carbocycles. The Kier molecular flexibility index (Phi) is 7.42. The molecule has 2 N–H and O–H groups in total. The van der Waals surface area contributed by atoms with E-state index in [-0.39, 0.29) is 17.8 Å². The molecule has 0 aromatic rings. The van der Waals surface area contributed by atoms with E-state index in [0.717, 1.165) is 6.42 Å². The van der Waals surface area contributed by atoms with Crippen LogP contribution in [-0.4, -0.2) is 34.7 Å². The quantitative estimate of drug-likeness (QED) is 0.389. The van der Waals surface area contributed by atoms with Gasteiger partial charge in [-0.2, -0.15) is 0 Å². The first kappa shape index (κ1) is 16.1. The lowest BCUT2D eigenvalue weighted by molar-refractivity contribution is -0.139. The summed E-state index contributed by atoms with van der Waals surface area (Å²) in [6, 6.07) is 0. The number of ether oxygens (including phenoxy) is 1. The summed E-state index contributed by atoms with van der Waals surface area (Å²) in [5, 5.41) is 17.3. The van der Waals surface area contributed by atoms with E-state index in [0.29, 0.717) is 6.42 Å². The zero-order chi connectivity index (χ0) is 14.1. The number of carbonyl (C=O) groups is 3. The molecular formula is C12H18O6. The zero-order valence-electron chi connectivity index (χ0n) is 10.6. The van der Waals surface area contributed by atoms with Crippen LogP contribution in [0.2, 0.25) is 0 Å². The molecule has 0 rings (SSSR count). The van der Waals surface area contributed by atoms with Crippen LogP contribution in [0.4, 0.5) is 0 Å². The van der Waals surface area contributed by atoms with Gasteiger partial charge in [-0.1, -0.05) is 13.3 Å². The number of aliphatic carboxylic acids is 2. The van der Waals surface area contributed by atoms with Gasteiger partial charge in [0.05, 0.1) is 19.4 Å². The van der Waals surface area contributed by atoms with Crippen molar-refractivity contribution < 1.29 is 29.3 Å². The van der Waals surface area contributed by atoms with Crippen molar-refractivity contribution in [1.29, 1.82) is 0 Å². The van der Waals surface area contributed by atoms with Crippen molar-refractivity contribution >= 4 is 17.9 Å². The smallest absolute Gasteiger partial charge is 0.333 e. The number of unbranched alkanes of at least 4 members (excludes halogenated alkanes) is 1. The Labute approximate surface area is 105 Å². The fourth-order valence-corrected chi connectivity index (χ4v) is 1.25. The molecule has 0 saturated heterocycles. The average Bonchev–Trinajstić information content (AvgIpc) is 2.26. The van der Waals surface area contributed by atoms with Crippen LogP contribution in [0.3, 0.4) is 0 Å². The standard InChI is InChI=1S/C12H18O6/c1-3-4-5-18-12(17)8(2)9(6-10(13)14)7-11(15)16/h3-7H2,1-2H3,(H,13,14)(H,15,16). The fraction of sp³-hybridized carbons (Fsp3) is 0.583. The summed E-state index contributed by atoms with van der Waals surface area (Å²) in [6.45, 7) is 3.58. The number of hydrogen-bond acceptors (Lipinski definition) is 4. The molecule has 0 aromatic heterocycles. The van der Waals surface area contributed by atoms with Crippen molar-refractivity contribution in [2.24, 2.45) is 0 Å². The lowest BCUT2D eigenvalue weighted by Gasteiger charge is -2.08. The maximum Gasteiger partial charge on any atom is 0.333 e. The van der Waals surface area contributed by atoms with E-state index >= 15 is 0 Å². The normalized spacial score (nSPS) is 9.67. The molecule has 0 spiro atoms. The molecule has 0 bridgehead atoms. The number of carbonyl (C=O) groups excluding carboxylic acids is 1. The van der Waals surface area contributed by atoms with E-state index in [1.54, 1.807) is 0 Å². The fourth-order valence-electron chi connectivity index (χ4n) is 1.25. The van der Waals surface area contributed by atoms with Crippen LogP contribution in [0.5, 0.6) is 0 Å². The average molecular weight is 258 g/mol. The molecule has 102 valence electrons. The Morgan fingerprint density at radius 3 is 1.94 bits per heavy atom. The molecule has 0 aliphatic heterocycles. The molecule has 0 heterocycles. The first-order valence-corrected chi connectivity index (χ1v) is 5.67. The highest BCUT2D eigenvalue weighted by molar-refractivity contribution is 5.91. The maximum absolute atomic E-state index is 11.6. The van der Waals surface area contributed by atoms with Crippen molar-refractivity contribution in [2.45, 2.75) is 39.5 Å². The van der Waals surface area contributed by atoms with Gasteiger partial charge in [0.25, 0.3) is 0 Å². The van der Waals surface area contributed by atoms with Crippen molar-refractivity contribution in [1.82, 2.24) is 0 Å². The van der Waals surface area contributed by atoms with Crippen LogP contribution in [0.1, 0.15) is 39.5 Å². The largest absolute Gasteiger partial charge is 0.481 e. The van der Waals surface area contributed by atoms with Gasteiger partial charge in [0.15, 0.2) is 0 Å². The number of carboxylic acids is 2. The van der Waals surface area contributed by atoms with Gasteiger partial charge >= 0.3 is 17.9 Å². The minimum Gasteiger partial charge on any atom is -0.481 e. The Hall–Kier alpha value is -1.85. The summed E-state index contributed by atoms with van der Waals surface area (Å²) < 4.78 is 4.91. The van der Waals surface area contributed by atoms with Crippen LogP contribution in [0.25, 0.3) is 0 Å². The van der Waals surface area contributed by atoms with Gasteiger partial charge in [-0.3, -0.25) is 9.59 Å². The van der Waals surface area contributed by atoms with Crippen LogP contribution in [0.15, 0.2) is 11.1 Å². The molecule has 0 unspecified atom stereocenters. The van der Waals surface area contributed by atoms with Crippen LogP contribution < -0.4 is 0 Å². The van der Waals surface area contributed by atoms with Gasteiger partial charge in [-0.15, -0.1) is 0 Å². The van der Waals surface area contributed by atoms with Gasteiger partial charge < -0.3 is 14.9 Å². The van der Waals surface area contributed by atoms with Crippen molar-refractivity contribution in [3.05, 3.63) is 11.1 Å². The Morgan fingerprint density at radius 1 is 1.06 bits per heavy atom. The Balaban J connectivity index is 4.76. The predicted octanol–water partition coefficient (Wildman–Crippen LogP) is 1.60. The van der Waals surface area contributed by atoms with Crippen molar-refractivity contribution in [3.63, 3.8) is 0 Å². The number of carboxylic acid groups (broad SMARTS) is 2. The molecule has 6 heteroatoms. The van der Waals surface area contributed by atoms with Crippen molar-refractivity contribution in [3.8, 4) is 0 Å². The van der Waals surface area contributed by atoms with Gasteiger partial charge in [-0.25, -0.2) is 4.79 Å². The third kappa shape index (κ3) is 6.67. The monoisotopic (exact) mass is 258 g/mol. The minimum atomic E-state index is -1.17. The first-order valence-electron chi connectivity index (χ1n) is 5.67. The summed E-state index contributed by atoms with van der Waals surface area (Å²) in [5.41, 5.74) is 0.132. The van der Waals surface area contributed by atoms with E-state index in [9.17, 15) is 14.4 Å². The van der Waals surface area contributed by atoms with E-state index in [4.69, 9.17) is 14.9 Å². The molecule has 0 atom stereocenters. The minimum absolute atomic E-state index is 0.0657. The highest BCUT2D eigenvalue weighted by atomic mass is 16.5. The van der Waals surface area contributed by atoms with Crippen LogP contribution in [0, 0.1) is 0 Å². The van der Waals surface area contributed by atoms with Crippen LogP contribution >= 0.6 is 0 Å². The topological polar surface area (TPSA) is 101 Å². The molecule has 0 saturated carbocycles. The molecule has 0 fully saturated rings. The lowest BCUT2D eigenvalue weighted by Crippen LogP contribution is -2.13. The zero-order valence-corrected chi connectivity index (χ0v) is 10.6. The van der Waals surface area contributed by atoms with Crippen molar-refractivity contribution in [2.75, 3.05) is 6.61 Å². The molecule has 0 aromatic carbocycles. The Morgan fingerprint density at radius 2 is 1.56 bits per heavy atom. The second kappa shape index (κ2) is 8.27. The van der Waals surface area contributed by atoms with E-state index in [1.165, 1.54) is 6.92 Å². The summed E-state index contributed by atoms with van der Waals surface area (Å²) in [7, 11) is 0. The van der Waals surface area contributed by atoms with E-state index in [1.807, 2.05) is 6.92 Å². The predicted molar refractivity (Wildman–Crippen MR) is 63.1 cm³/mol. The molecule has 0 amide bonds. The highest BCUT2D eigenvalue weighted by Crippen LogP contribution is 2.15. The van der Waals surface area contributed by atoms with E-state index < -0.39 is 30.7 Å². The summed E-state index contributed by atoms with van der Waals surface area (Å²) in [4.78, 5) is 32.8. The first-order chi connectivity index (χ1) is 8.38. The second-order valence-corrected chi connectivity index (χ2v) is 3.86. The summed E-state index contributed by atoms with van der Waals surface area (Å²) in [5.74, 6) is -3.00. The highest BCUT2D eigenvalue weighted by Gasteiger charge is 2.17. The SMILES string of the molecule is CCCCOC(=O)C(C)=C(CC(=O)O)CC(=O)O. The van der Waals surface area contributed by atoms with Gasteiger partial charge in [0, 0.05) is 5.57 Å². The number of esters is 1. The molecule has 0 radical (unpaired) electrons. The third-order valence-corrected chi connectivity index (χ3v) is 2.30. The lowest BCUT2D eigenvalue weighted by atomic mass is 10.0. The maximum atomic E-state index is 11.6. The molecule has 18 heavy (non-hydrogen) atoms.